The van der Waals surface area contributed by atoms with Crippen LogP contribution in [0, 0.1) is 0 Å². The van der Waals surface area contributed by atoms with Gasteiger partial charge < -0.3 is 5.11 Å². The van der Waals surface area contributed by atoms with Crippen molar-refractivity contribution in [1.29, 1.82) is 0 Å². The lowest BCUT2D eigenvalue weighted by Gasteiger charge is -2.35. The molecule has 1 aliphatic heterocycles. The molecule has 29 heavy (non-hydrogen) atoms. The monoisotopic (exact) mass is 424 g/mol. The van der Waals surface area contributed by atoms with E-state index in [0.717, 1.165) is 47.2 Å². The number of hydrogen-bond donors (Lipinski definition) is 1. The Morgan fingerprint density at radius 2 is 1.90 bits per heavy atom. The lowest BCUT2D eigenvalue weighted by Crippen LogP contribution is -2.34. The van der Waals surface area contributed by atoms with Gasteiger partial charge in [-0.3, -0.25) is 4.90 Å². The molecule has 0 bridgehead atoms. The number of aryl methyl sites for hydroxylation is 1. The van der Waals surface area contributed by atoms with Gasteiger partial charge in [0.2, 0.25) is 10.8 Å². The first-order chi connectivity index (χ1) is 14.1. The summed E-state index contributed by atoms with van der Waals surface area (Å²) in [6, 6.07) is 16.4. The van der Waals surface area contributed by atoms with E-state index in [1.807, 2.05) is 31.2 Å². The molecule has 0 spiro atoms. The number of aromatic nitrogens is 3. The highest BCUT2D eigenvalue weighted by molar-refractivity contribution is 7.17. The van der Waals surface area contributed by atoms with Gasteiger partial charge in [0.1, 0.15) is 0 Å². The quantitative estimate of drug-likeness (QED) is 0.508. The van der Waals surface area contributed by atoms with Crippen LogP contribution >= 0.6 is 22.9 Å². The van der Waals surface area contributed by atoms with Gasteiger partial charge in [0.25, 0.3) is 0 Å². The first kappa shape index (κ1) is 18.6. The van der Waals surface area contributed by atoms with E-state index in [1.165, 1.54) is 22.5 Å². The summed E-state index contributed by atoms with van der Waals surface area (Å²) in [6.45, 7) is 3.76. The summed E-state index contributed by atoms with van der Waals surface area (Å²) < 4.78 is 1.57. The minimum atomic E-state index is -0.0841. The molecule has 3 heterocycles. The van der Waals surface area contributed by atoms with Crippen molar-refractivity contribution < 1.29 is 5.11 Å². The highest BCUT2D eigenvalue weighted by atomic mass is 35.5. The van der Waals surface area contributed by atoms with Gasteiger partial charge in [0.15, 0.2) is 5.82 Å². The van der Waals surface area contributed by atoms with Crippen LogP contribution in [0.3, 0.4) is 0 Å². The molecule has 1 N–H and O–H groups in total. The number of thiazole rings is 1. The van der Waals surface area contributed by atoms with Crippen molar-refractivity contribution in [2.75, 3.05) is 6.54 Å². The molecule has 5 rings (SSSR count). The van der Waals surface area contributed by atoms with Crippen LogP contribution < -0.4 is 0 Å². The fourth-order valence-corrected chi connectivity index (χ4v) is 5.29. The van der Waals surface area contributed by atoms with Crippen molar-refractivity contribution in [3.05, 3.63) is 80.9 Å². The summed E-state index contributed by atoms with van der Waals surface area (Å²) in [5.74, 6) is 0.920. The topological polar surface area (TPSA) is 53.7 Å². The van der Waals surface area contributed by atoms with Crippen LogP contribution in [0.2, 0.25) is 5.02 Å². The Labute approximate surface area is 178 Å². The maximum absolute atomic E-state index is 11.0. The van der Waals surface area contributed by atoms with E-state index in [4.69, 9.17) is 11.6 Å². The van der Waals surface area contributed by atoms with Crippen LogP contribution in [-0.4, -0.2) is 31.1 Å². The summed E-state index contributed by atoms with van der Waals surface area (Å²) in [6.07, 6.45) is 1.73. The lowest BCUT2D eigenvalue weighted by molar-refractivity contribution is 0.205. The molecule has 2 aromatic heterocycles. The third-order valence-corrected chi connectivity index (χ3v) is 6.84. The summed E-state index contributed by atoms with van der Waals surface area (Å²) in [5, 5.41) is 16.2. The third kappa shape index (κ3) is 3.31. The number of fused-ring (bicyclic) bond motifs is 2. The first-order valence-corrected chi connectivity index (χ1v) is 11.0. The van der Waals surface area contributed by atoms with Crippen molar-refractivity contribution in [2.45, 2.75) is 32.4 Å². The highest BCUT2D eigenvalue weighted by Gasteiger charge is 2.31. The number of nitrogens with zero attached hydrogens (tertiary/aromatic N) is 4. The minimum absolute atomic E-state index is 0.0841. The van der Waals surface area contributed by atoms with E-state index in [1.54, 1.807) is 4.52 Å². The summed E-state index contributed by atoms with van der Waals surface area (Å²) in [7, 11) is 0. The molecule has 0 unspecified atom stereocenters. The second kappa shape index (κ2) is 7.44. The number of hydrogen-bond acceptors (Lipinski definition) is 5. The van der Waals surface area contributed by atoms with Crippen LogP contribution in [0.5, 0.6) is 5.88 Å². The Balaban J connectivity index is 1.61. The van der Waals surface area contributed by atoms with Gasteiger partial charge in [-0.2, -0.15) is 4.52 Å². The molecule has 0 fully saturated rings. The van der Waals surface area contributed by atoms with Gasteiger partial charge in [-0.1, -0.05) is 66.3 Å². The van der Waals surface area contributed by atoms with E-state index in [-0.39, 0.29) is 11.9 Å². The molecule has 4 aromatic rings. The molecule has 7 heteroatoms. The Morgan fingerprint density at radius 1 is 1.14 bits per heavy atom. The van der Waals surface area contributed by atoms with Gasteiger partial charge in [-0.25, -0.2) is 4.98 Å². The number of benzene rings is 2. The van der Waals surface area contributed by atoms with Crippen LogP contribution in [0.15, 0.2) is 48.5 Å². The Kier molecular flexibility index (Phi) is 4.78. The third-order valence-electron chi connectivity index (χ3n) is 5.52. The molecule has 0 amide bonds. The fourth-order valence-electron chi connectivity index (χ4n) is 4.03. The molecule has 148 valence electrons. The number of halogens is 1. The number of rotatable bonds is 4. The molecule has 0 radical (unpaired) electrons. The SMILES string of the molecule is CCc1nc2sc([C@@H](c3ccc(Cl)cc3)N3CCc4ccccc4C3)c(O)n2n1. The van der Waals surface area contributed by atoms with Gasteiger partial charge in [0, 0.05) is 24.5 Å². The van der Waals surface area contributed by atoms with Crippen LogP contribution in [-0.2, 0) is 19.4 Å². The predicted octanol–water partition coefficient (Wildman–Crippen LogP) is 4.86. The first-order valence-electron chi connectivity index (χ1n) is 9.77. The van der Waals surface area contributed by atoms with Gasteiger partial charge >= 0.3 is 0 Å². The van der Waals surface area contributed by atoms with Gasteiger partial charge in [-0.15, -0.1) is 5.10 Å². The van der Waals surface area contributed by atoms with Crippen LogP contribution in [0.1, 0.15) is 40.4 Å². The largest absolute Gasteiger partial charge is 0.492 e. The molecule has 0 aliphatic carbocycles. The zero-order chi connectivity index (χ0) is 20.0. The maximum atomic E-state index is 11.0. The fraction of sp³-hybridized carbons (Fsp3) is 0.273. The zero-order valence-corrected chi connectivity index (χ0v) is 17.6. The van der Waals surface area contributed by atoms with Crippen molar-refractivity contribution in [1.82, 2.24) is 19.5 Å². The smallest absolute Gasteiger partial charge is 0.230 e. The van der Waals surface area contributed by atoms with Crippen molar-refractivity contribution >= 4 is 27.9 Å². The standard InChI is InChI=1S/C22H21ClN4OS/c1-2-18-24-22-27(25-18)21(28)20(29-22)19(15-7-9-17(23)10-8-15)26-12-11-14-5-3-4-6-16(14)13-26/h3-10,19,28H,2,11-13H2,1H3/t19-/m1/s1. The predicted molar refractivity (Wildman–Crippen MR) is 116 cm³/mol. The van der Waals surface area contributed by atoms with Gasteiger partial charge in [-0.05, 0) is 35.2 Å². The van der Waals surface area contributed by atoms with Crippen molar-refractivity contribution in [3.63, 3.8) is 0 Å². The average Bonchev–Trinajstić information content (AvgIpc) is 3.29. The minimum Gasteiger partial charge on any atom is -0.492 e. The van der Waals surface area contributed by atoms with E-state index in [0.29, 0.717) is 5.02 Å². The summed E-state index contributed by atoms with van der Waals surface area (Å²) in [4.78, 5) is 8.56. The molecular weight excluding hydrogens is 404 g/mol. The summed E-state index contributed by atoms with van der Waals surface area (Å²) >= 11 is 7.65. The summed E-state index contributed by atoms with van der Waals surface area (Å²) in [5.41, 5.74) is 3.84. The van der Waals surface area contributed by atoms with E-state index >= 15 is 0 Å². The second-order valence-electron chi connectivity index (χ2n) is 7.31. The Morgan fingerprint density at radius 3 is 2.62 bits per heavy atom. The Bertz CT molecular complexity index is 1170. The van der Waals surface area contributed by atoms with Crippen molar-refractivity contribution in [3.8, 4) is 5.88 Å². The lowest BCUT2D eigenvalue weighted by atomic mass is 9.96. The molecule has 0 saturated heterocycles. The Hall–Kier alpha value is -2.41. The molecule has 2 aromatic carbocycles. The van der Waals surface area contributed by atoms with E-state index in [2.05, 4.69) is 39.2 Å². The van der Waals surface area contributed by atoms with Gasteiger partial charge in [0.05, 0.1) is 10.9 Å². The maximum Gasteiger partial charge on any atom is 0.230 e. The number of aromatic hydroxyl groups is 1. The molecule has 1 atom stereocenters. The second-order valence-corrected chi connectivity index (χ2v) is 8.75. The molecule has 0 saturated carbocycles. The molecule has 1 aliphatic rings. The van der Waals surface area contributed by atoms with Crippen LogP contribution in [0.25, 0.3) is 4.96 Å². The van der Waals surface area contributed by atoms with Crippen LogP contribution in [0.4, 0.5) is 0 Å². The molecular formula is C22H21ClN4OS. The zero-order valence-electron chi connectivity index (χ0n) is 16.0. The van der Waals surface area contributed by atoms with E-state index in [9.17, 15) is 5.11 Å². The molecule has 5 nitrogen and oxygen atoms in total. The normalized spacial score (nSPS) is 15.5. The van der Waals surface area contributed by atoms with E-state index < -0.39 is 0 Å². The average molecular weight is 425 g/mol. The van der Waals surface area contributed by atoms with Crippen molar-refractivity contribution in [2.24, 2.45) is 0 Å². The highest BCUT2D eigenvalue weighted by Crippen LogP contribution is 2.41.